The van der Waals surface area contributed by atoms with Crippen molar-refractivity contribution < 1.29 is 5.11 Å². The third-order valence-electron chi connectivity index (χ3n) is 10.8. The largest absolute Gasteiger partial charge is 0.393 e. The van der Waals surface area contributed by atoms with Gasteiger partial charge in [0, 0.05) is 0 Å². The Balaban J connectivity index is 1.58. The van der Waals surface area contributed by atoms with Crippen LogP contribution in [-0.4, -0.2) is 11.2 Å². The number of aliphatic hydroxyl groups is 1. The molecule has 170 valence electrons. The summed E-state index contributed by atoms with van der Waals surface area (Å²) >= 11 is 0. The first-order chi connectivity index (χ1) is 14.0. The minimum Gasteiger partial charge on any atom is -0.393 e. The number of allylic oxidation sites excluding steroid dienone is 4. The fourth-order valence-electron chi connectivity index (χ4n) is 8.92. The molecule has 0 unspecified atom stereocenters. The molecule has 4 aliphatic rings. The van der Waals surface area contributed by atoms with E-state index < -0.39 is 0 Å². The van der Waals surface area contributed by atoms with Gasteiger partial charge in [0.25, 0.3) is 0 Å². The monoisotopic (exact) mass is 412 g/mol. The molecule has 3 saturated carbocycles. The van der Waals surface area contributed by atoms with Crippen LogP contribution in [0.3, 0.4) is 0 Å². The van der Waals surface area contributed by atoms with E-state index >= 15 is 0 Å². The summed E-state index contributed by atoms with van der Waals surface area (Å²) in [7, 11) is 0. The molecule has 1 N–H and O–H groups in total. The van der Waals surface area contributed by atoms with Crippen LogP contribution in [0.4, 0.5) is 0 Å². The van der Waals surface area contributed by atoms with Gasteiger partial charge in [0.2, 0.25) is 0 Å². The van der Waals surface area contributed by atoms with Crippen molar-refractivity contribution in [2.75, 3.05) is 0 Å². The topological polar surface area (TPSA) is 20.2 Å². The Morgan fingerprint density at radius 3 is 2.33 bits per heavy atom. The zero-order valence-electron chi connectivity index (χ0n) is 20.9. The van der Waals surface area contributed by atoms with Crippen molar-refractivity contribution in [3.05, 3.63) is 23.8 Å². The van der Waals surface area contributed by atoms with Crippen LogP contribution in [0.2, 0.25) is 0 Å². The molecular formula is C29H48O. The van der Waals surface area contributed by atoms with Gasteiger partial charge in [-0.25, -0.2) is 0 Å². The average Bonchev–Trinajstić information content (AvgIpc) is 3.02. The lowest BCUT2D eigenvalue weighted by atomic mass is 9.43. The van der Waals surface area contributed by atoms with E-state index in [0.717, 1.165) is 36.0 Å². The predicted molar refractivity (Wildman–Crippen MR) is 128 cm³/mol. The predicted octanol–water partition coefficient (Wildman–Crippen LogP) is 7.80. The summed E-state index contributed by atoms with van der Waals surface area (Å²) in [4.78, 5) is 0. The maximum absolute atomic E-state index is 10.7. The molecule has 0 aromatic heterocycles. The molecule has 0 heterocycles. The Labute approximate surface area is 186 Å². The van der Waals surface area contributed by atoms with E-state index in [1.807, 2.05) is 0 Å². The molecule has 1 heteroatoms. The highest BCUT2D eigenvalue weighted by molar-refractivity contribution is 5.23. The number of aliphatic hydroxyl groups excluding tert-OH is 1. The first-order valence-corrected chi connectivity index (χ1v) is 13.0. The molecule has 0 saturated heterocycles. The van der Waals surface area contributed by atoms with Crippen LogP contribution in [-0.2, 0) is 0 Å². The van der Waals surface area contributed by atoms with Crippen LogP contribution in [0.25, 0.3) is 0 Å². The molecule has 4 aliphatic carbocycles. The second-order valence-corrected chi connectivity index (χ2v) is 13.1. The average molecular weight is 413 g/mol. The molecule has 1 nitrogen and oxygen atoms in total. The number of fused-ring (bicyclic) bond motifs is 5. The van der Waals surface area contributed by atoms with Gasteiger partial charge in [-0.1, -0.05) is 65.3 Å². The summed E-state index contributed by atoms with van der Waals surface area (Å²) in [5, 5.41) is 10.7. The molecule has 0 spiro atoms. The SMILES string of the molecule is C/C(=C\CCC(C)C)[C@H]1CC[C@H]2[C@@H]3C=C[C@H]4C(C)(C)[C@@H](O)CC[C@]4(C)[C@H]3CC[C@]12C. The molecule has 30 heavy (non-hydrogen) atoms. The summed E-state index contributed by atoms with van der Waals surface area (Å²) in [5.74, 6) is 4.52. The Morgan fingerprint density at radius 1 is 0.967 bits per heavy atom. The summed E-state index contributed by atoms with van der Waals surface area (Å²) < 4.78 is 0. The van der Waals surface area contributed by atoms with Crippen LogP contribution in [0.1, 0.15) is 99.8 Å². The molecule has 0 radical (unpaired) electrons. The first kappa shape index (κ1) is 22.6. The molecule has 3 fully saturated rings. The van der Waals surface area contributed by atoms with Gasteiger partial charge in [-0.3, -0.25) is 0 Å². The first-order valence-electron chi connectivity index (χ1n) is 13.0. The van der Waals surface area contributed by atoms with Crippen molar-refractivity contribution in [1.29, 1.82) is 0 Å². The fraction of sp³-hybridized carbons (Fsp3) is 0.862. The molecule has 4 rings (SSSR count). The van der Waals surface area contributed by atoms with Gasteiger partial charge in [-0.2, -0.15) is 0 Å². The Hall–Kier alpha value is -0.560. The zero-order valence-corrected chi connectivity index (χ0v) is 20.9. The minimum atomic E-state index is -0.153. The van der Waals surface area contributed by atoms with E-state index in [-0.39, 0.29) is 11.5 Å². The highest BCUT2D eigenvalue weighted by atomic mass is 16.3. The molecule has 0 aliphatic heterocycles. The van der Waals surface area contributed by atoms with Gasteiger partial charge in [-0.05, 0) is 110 Å². The number of rotatable bonds is 4. The Morgan fingerprint density at radius 2 is 1.63 bits per heavy atom. The molecule has 0 aromatic carbocycles. The van der Waals surface area contributed by atoms with Crippen LogP contribution in [0.15, 0.2) is 23.8 Å². The van der Waals surface area contributed by atoms with E-state index in [2.05, 4.69) is 66.7 Å². The summed E-state index contributed by atoms with van der Waals surface area (Å²) in [6.45, 7) is 17.0. The highest BCUT2D eigenvalue weighted by Gasteiger charge is 2.61. The molecule has 8 atom stereocenters. The Kier molecular flexibility index (Phi) is 5.87. The minimum absolute atomic E-state index is 0.00315. The van der Waals surface area contributed by atoms with Crippen LogP contribution < -0.4 is 0 Å². The van der Waals surface area contributed by atoms with Crippen molar-refractivity contribution in [3.8, 4) is 0 Å². The Bertz CT molecular complexity index is 699. The van der Waals surface area contributed by atoms with Crippen molar-refractivity contribution in [1.82, 2.24) is 0 Å². The normalized spacial score (nSPS) is 47.7. The van der Waals surface area contributed by atoms with Gasteiger partial charge < -0.3 is 5.11 Å². The third-order valence-corrected chi connectivity index (χ3v) is 10.8. The van der Waals surface area contributed by atoms with Crippen molar-refractivity contribution in [2.24, 2.45) is 51.8 Å². The van der Waals surface area contributed by atoms with Gasteiger partial charge in [-0.15, -0.1) is 0 Å². The maximum atomic E-state index is 10.7. The lowest BCUT2D eigenvalue weighted by Gasteiger charge is -2.62. The lowest BCUT2D eigenvalue weighted by molar-refractivity contribution is -0.132. The van der Waals surface area contributed by atoms with E-state index in [9.17, 15) is 5.11 Å². The number of hydrogen-bond acceptors (Lipinski definition) is 1. The van der Waals surface area contributed by atoms with Gasteiger partial charge in [0.15, 0.2) is 0 Å². The van der Waals surface area contributed by atoms with Gasteiger partial charge in [0.05, 0.1) is 6.10 Å². The standard InChI is InChI=1S/C29H48O/c1-19(2)9-8-10-20(3)22-12-13-23-21-11-14-25-27(4,5)26(30)16-18-29(25,7)24(21)15-17-28(22,23)6/h10-11,14,19,21-26,30H,8-9,12-13,15-18H2,1-7H3/b20-10+/t21-,22+,23-,24-,25-,26-,28+,29+/m0/s1. The second-order valence-electron chi connectivity index (χ2n) is 13.1. The summed E-state index contributed by atoms with van der Waals surface area (Å²) in [6.07, 6.45) is 18.0. The molecule has 0 amide bonds. The highest BCUT2D eigenvalue weighted by Crippen LogP contribution is 2.68. The summed E-state index contributed by atoms with van der Waals surface area (Å²) in [5.41, 5.74) is 2.54. The lowest BCUT2D eigenvalue weighted by Crippen LogP contribution is -2.57. The number of hydrogen-bond donors (Lipinski definition) is 1. The van der Waals surface area contributed by atoms with Gasteiger partial charge in [0.1, 0.15) is 0 Å². The van der Waals surface area contributed by atoms with Gasteiger partial charge >= 0.3 is 0 Å². The van der Waals surface area contributed by atoms with E-state index in [4.69, 9.17) is 0 Å². The van der Waals surface area contributed by atoms with Crippen molar-refractivity contribution >= 4 is 0 Å². The van der Waals surface area contributed by atoms with E-state index in [0.29, 0.717) is 16.7 Å². The van der Waals surface area contributed by atoms with Crippen molar-refractivity contribution in [2.45, 2.75) is 106 Å². The van der Waals surface area contributed by atoms with Crippen LogP contribution >= 0.6 is 0 Å². The van der Waals surface area contributed by atoms with Crippen LogP contribution in [0.5, 0.6) is 0 Å². The quantitative estimate of drug-likeness (QED) is 0.467. The molecular weight excluding hydrogens is 364 g/mol. The molecule has 0 bridgehead atoms. The summed E-state index contributed by atoms with van der Waals surface area (Å²) in [6, 6.07) is 0. The van der Waals surface area contributed by atoms with Crippen LogP contribution in [0, 0.1) is 51.8 Å². The maximum Gasteiger partial charge on any atom is 0.0597 e. The second kappa shape index (κ2) is 7.79. The fourth-order valence-corrected chi connectivity index (χ4v) is 8.92. The zero-order chi connectivity index (χ0) is 21.9. The van der Waals surface area contributed by atoms with E-state index in [1.54, 1.807) is 5.57 Å². The molecule has 0 aromatic rings. The smallest absolute Gasteiger partial charge is 0.0597 e. The van der Waals surface area contributed by atoms with Crippen molar-refractivity contribution in [3.63, 3.8) is 0 Å². The van der Waals surface area contributed by atoms with E-state index in [1.165, 1.54) is 44.9 Å². The third kappa shape index (κ3) is 3.37.